The molecule has 6 aromatic rings. The number of urea groups is 2. The molecule has 21 heteroatoms. The van der Waals surface area contributed by atoms with Crippen molar-refractivity contribution < 1.29 is 28.5 Å². The van der Waals surface area contributed by atoms with Gasteiger partial charge in [0, 0.05) is 48.7 Å². The van der Waals surface area contributed by atoms with Gasteiger partial charge < -0.3 is 49.2 Å². The van der Waals surface area contributed by atoms with E-state index >= 15 is 0 Å². The number of aryl methyl sites for hydroxylation is 1. The number of nitrogens with zero attached hydrogens (tertiary/aromatic N) is 13. The third kappa shape index (κ3) is 10.0. The molecule has 21 nitrogen and oxygen atoms in total. The highest BCUT2D eigenvalue weighted by molar-refractivity contribution is 6.13. The number of hydrogen-bond acceptors (Lipinski definition) is 17. The molecule has 4 unspecified atom stereocenters. The molecule has 4 atom stereocenters. The second-order valence-electron chi connectivity index (χ2n) is 19.5. The topological polar surface area (TPSA) is 216 Å². The Morgan fingerprint density at radius 2 is 0.880 bits per heavy atom. The molecular weight excluding hydrogens is 955 g/mol. The van der Waals surface area contributed by atoms with Gasteiger partial charge in [-0.15, -0.1) is 0 Å². The number of nitriles is 1. The molecule has 2 N–H and O–H groups in total. The summed E-state index contributed by atoms with van der Waals surface area (Å²) in [4.78, 5) is 68.6. The predicted molar refractivity (Wildman–Crippen MR) is 282 cm³/mol. The SMILES string of the molecule is Cc1ccc(N(C(=O)Nc2ccc(-c3nc(N4CCOCC4)nc(N4C5CCC4COC5)n3)cc2)N(C(=O)Nc2ccc(-c3nc(N4CCOCC4)nc(N4C5CCC4COC5)n3)cc2)c2ccc(C#N)cc2)cc1. The Bertz CT molecular complexity index is 3030. The summed E-state index contributed by atoms with van der Waals surface area (Å²) in [5.74, 6) is 3.47. The molecule has 6 saturated heterocycles. The number of aromatic nitrogens is 6. The van der Waals surface area contributed by atoms with E-state index in [0.717, 1.165) is 42.4 Å². The normalized spacial score (nSPS) is 21.1. The monoisotopic (exact) mass is 1010 g/mol. The molecule has 6 fully saturated rings. The molecule has 4 bridgehead atoms. The Morgan fingerprint density at radius 3 is 1.27 bits per heavy atom. The van der Waals surface area contributed by atoms with Crippen molar-refractivity contribution in [1.29, 1.82) is 5.26 Å². The lowest BCUT2D eigenvalue weighted by molar-refractivity contribution is 0.0897. The zero-order valence-corrected chi connectivity index (χ0v) is 41.6. The van der Waals surface area contributed by atoms with Crippen molar-refractivity contribution in [1.82, 2.24) is 29.9 Å². The molecule has 6 aliphatic heterocycles. The van der Waals surface area contributed by atoms with Crippen LogP contribution in [-0.2, 0) is 18.9 Å². The molecule has 384 valence electrons. The molecule has 75 heavy (non-hydrogen) atoms. The van der Waals surface area contributed by atoms with Crippen LogP contribution in [0.15, 0.2) is 97.1 Å². The van der Waals surface area contributed by atoms with Crippen LogP contribution in [0, 0.1) is 18.3 Å². The molecule has 8 heterocycles. The highest BCUT2D eigenvalue weighted by Crippen LogP contribution is 2.36. The maximum absolute atomic E-state index is 14.9. The minimum Gasteiger partial charge on any atom is -0.378 e. The first-order valence-electron chi connectivity index (χ1n) is 25.7. The summed E-state index contributed by atoms with van der Waals surface area (Å²) in [5, 5.41) is 18.3. The van der Waals surface area contributed by atoms with Gasteiger partial charge in [-0.25, -0.2) is 9.59 Å². The fourth-order valence-electron chi connectivity index (χ4n) is 10.7. The number of anilines is 8. The van der Waals surface area contributed by atoms with Gasteiger partial charge in [-0.1, -0.05) is 17.7 Å². The maximum Gasteiger partial charge on any atom is 0.345 e. The summed E-state index contributed by atoms with van der Waals surface area (Å²) in [7, 11) is 0. The van der Waals surface area contributed by atoms with Crippen molar-refractivity contribution in [2.45, 2.75) is 56.8 Å². The third-order valence-corrected chi connectivity index (χ3v) is 14.6. The highest BCUT2D eigenvalue weighted by atomic mass is 16.5. The molecule has 0 spiro atoms. The second kappa shape index (κ2) is 21.1. The van der Waals surface area contributed by atoms with Gasteiger partial charge >= 0.3 is 12.1 Å². The van der Waals surface area contributed by atoms with Crippen molar-refractivity contribution in [3.8, 4) is 28.8 Å². The predicted octanol–water partition coefficient (Wildman–Crippen LogP) is 6.67. The summed E-state index contributed by atoms with van der Waals surface area (Å²) in [6.45, 7) is 9.48. The summed E-state index contributed by atoms with van der Waals surface area (Å²) >= 11 is 0. The lowest BCUT2D eigenvalue weighted by Gasteiger charge is -2.35. The van der Waals surface area contributed by atoms with Crippen molar-refractivity contribution in [3.63, 3.8) is 0 Å². The van der Waals surface area contributed by atoms with Crippen LogP contribution in [0.1, 0.15) is 36.8 Å². The fraction of sp³-hybridized carbons (Fsp3) is 0.389. The van der Waals surface area contributed by atoms with Crippen molar-refractivity contribution in [2.24, 2.45) is 0 Å². The number of rotatable bonds is 10. The highest BCUT2D eigenvalue weighted by Gasteiger charge is 2.41. The van der Waals surface area contributed by atoms with Crippen LogP contribution in [0.3, 0.4) is 0 Å². The number of nitrogens with one attached hydrogen (secondary N) is 2. The Morgan fingerprint density at radius 1 is 0.507 bits per heavy atom. The molecule has 4 amide bonds. The number of morpholine rings is 4. The number of carbonyl (C=O) groups excluding carboxylic acids is 2. The molecule has 4 aromatic carbocycles. The van der Waals surface area contributed by atoms with Crippen LogP contribution < -0.4 is 40.3 Å². The van der Waals surface area contributed by atoms with Crippen LogP contribution in [0.4, 0.5) is 56.1 Å². The second-order valence-corrected chi connectivity index (χ2v) is 19.5. The van der Waals surface area contributed by atoms with Gasteiger partial charge in [-0.2, -0.15) is 45.2 Å². The van der Waals surface area contributed by atoms with E-state index in [1.165, 1.54) is 10.0 Å². The quantitative estimate of drug-likeness (QED) is 0.137. The largest absolute Gasteiger partial charge is 0.378 e. The van der Waals surface area contributed by atoms with Crippen LogP contribution >= 0.6 is 0 Å². The molecule has 0 saturated carbocycles. The molecule has 12 rings (SSSR count). The average Bonchev–Trinajstić information content (AvgIpc) is 3.88. The van der Waals surface area contributed by atoms with Gasteiger partial charge in [0.2, 0.25) is 23.8 Å². The molecule has 2 aromatic heterocycles. The van der Waals surface area contributed by atoms with E-state index in [0.29, 0.717) is 143 Å². The summed E-state index contributed by atoms with van der Waals surface area (Å²) in [6, 6.07) is 30.0. The van der Waals surface area contributed by atoms with E-state index in [4.69, 9.17) is 48.9 Å². The van der Waals surface area contributed by atoms with Crippen molar-refractivity contribution in [3.05, 3.63) is 108 Å². The lowest BCUT2D eigenvalue weighted by atomic mass is 10.2. The number of hydrogen-bond donors (Lipinski definition) is 2. The van der Waals surface area contributed by atoms with Gasteiger partial charge in [0.05, 0.1) is 100 Å². The van der Waals surface area contributed by atoms with E-state index in [1.807, 2.05) is 43.3 Å². The third-order valence-electron chi connectivity index (χ3n) is 14.6. The van der Waals surface area contributed by atoms with Crippen LogP contribution in [0.25, 0.3) is 22.8 Å². The number of fused-ring (bicyclic) bond motifs is 4. The number of amides is 4. The summed E-state index contributed by atoms with van der Waals surface area (Å²) in [6.07, 6.45) is 4.06. The first kappa shape index (κ1) is 47.9. The van der Waals surface area contributed by atoms with Gasteiger partial charge in [0.25, 0.3) is 0 Å². The number of ether oxygens (including phenoxy) is 4. The van der Waals surface area contributed by atoms with E-state index < -0.39 is 12.1 Å². The zero-order chi connectivity index (χ0) is 50.8. The van der Waals surface area contributed by atoms with Gasteiger partial charge in [-0.05, 0) is 118 Å². The maximum atomic E-state index is 14.9. The Labute approximate surface area is 434 Å². The van der Waals surface area contributed by atoms with E-state index in [1.54, 1.807) is 60.7 Å². The standard InChI is InChI=1S/C54H57N15O6/c1-35-2-14-41(15-3-35)68(53(70)56-39-10-6-37(7-11-39)47-58-49(64-22-26-72-27-23-64)62-51(60-47)66-43-18-19-44(66)32-74-31-43)69(42-16-4-36(30-55)5-17-42)54(71)57-40-12-8-38(9-13-40)48-59-50(65-24-28-73-29-25-65)63-52(61-48)67-45-20-21-46(67)34-75-33-45/h2-17,43-46H,18-29,31-34H2,1H3,(H,56,70)(H,57,71). The Hall–Kier alpha value is -8.03. The Kier molecular flexibility index (Phi) is 13.5. The van der Waals surface area contributed by atoms with E-state index in [9.17, 15) is 14.9 Å². The zero-order valence-electron chi connectivity index (χ0n) is 41.6. The summed E-state index contributed by atoms with van der Waals surface area (Å²) < 4.78 is 23.1. The minimum absolute atomic E-state index is 0.197. The smallest absolute Gasteiger partial charge is 0.345 e. The fourth-order valence-corrected chi connectivity index (χ4v) is 10.7. The summed E-state index contributed by atoms with van der Waals surface area (Å²) in [5.41, 5.74) is 4.48. The number of hydrazine groups is 1. The molecule has 6 aliphatic rings. The van der Waals surface area contributed by atoms with Crippen LogP contribution in [0.2, 0.25) is 0 Å². The van der Waals surface area contributed by atoms with Gasteiger partial charge in [0.15, 0.2) is 11.6 Å². The van der Waals surface area contributed by atoms with Crippen molar-refractivity contribution in [2.75, 3.05) is 119 Å². The van der Waals surface area contributed by atoms with Crippen molar-refractivity contribution >= 4 is 58.6 Å². The minimum atomic E-state index is -0.645. The number of benzene rings is 4. The average molecular weight is 1010 g/mol. The van der Waals surface area contributed by atoms with E-state index in [-0.39, 0.29) is 24.2 Å². The van der Waals surface area contributed by atoms with Gasteiger partial charge in [0.1, 0.15) is 0 Å². The first-order chi connectivity index (χ1) is 36.8. The lowest BCUT2D eigenvalue weighted by Crippen LogP contribution is -2.53. The molecule has 0 aliphatic carbocycles. The van der Waals surface area contributed by atoms with Gasteiger partial charge in [-0.3, -0.25) is 0 Å². The first-order valence-corrected chi connectivity index (χ1v) is 25.7. The van der Waals surface area contributed by atoms with E-state index in [2.05, 4.69) is 36.3 Å². The number of carbonyl (C=O) groups is 2. The Balaban J connectivity index is 0.832. The van der Waals surface area contributed by atoms with Crippen LogP contribution in [-0.4, -0.2) is 145 Å². The molecule has 0 radical (unpaired) electrons. The molecular formula is C54H57N15O6. The van der Waals surface area contributed by atoms with Crippen LogP contribution in [0.5, 0.6) is 0 Å².